The highest BCUT2D eigenvalue weighted by molar-refractivity contribution is 5.90. The molecule has 15 aromatic rings. The Kier molecular flexibility index (Phi) is 30.4. The number of hydrogen-bond acceptors (Lipinski definition) is 31. The Bertz CT molecular complexity index is 7760. The molecule has 148 heavy (non-hydrogen) atoms. The number of imidazole rings is 5. The predicted molar refractivity (Wildman–Crippen MR) is 549 cm³/mol. The molecule has 0 spiro atoms. The van der Waals surface area contributed by atoms with E-state index >= 15 is 0 Å². The lowest BCUT2D eigenvalue weighted by molar-refractivity contribution is -0.125. The molecule has 5 aliphatic rings. The Balaban J connectivity index is 0.000000132. The van der Waals surface area contributed by atoms with E-state index in [1.807, 2.05) is 27.7 Å². The SMILES string of the molecule is C=CC(=O)N1CCC(n2cc(Nc3cn(C)nc3OC)c3ncc(C(C)C)n3c2=O)C1.C=CC(=O)N1CCC(n2cc(Nc3cn(C)nc3OC)c3ncc(C)n3c2=O)C1.C=CC(=O)N1CCC(n2cc(Nc3cn(C)nc3OC)c3ncc(CC)n3c2=O)C1.C=CC(=O)N1CCC(n2cc(Nc3cn(C)nc3OC)c3ncc(OC)n3c2=O)C1.C=CC(=O)N1CCC(n2cc(Nc3cn(C)nc3OC)c3nccn3c2=O)C1. The van der Waals surface area contributed by atoms with E-state index in [1.54, 1.807) is 241 Å². The standard InChI is InChI=1S/C21H27N7O3.C20H25N7O3.C19H23N7O4.C19H23N7O3.C18H21N7O3/c1-6-18(29)26-8-7-14(10-26)27-12-15(23-16-11-25(4)24-20(16)31-5)19-22-9-17(13(2)3)28(19)21(27)30;1-5-13-9-21-18-15(22-16-11-24(3)23-19(16)30-4)12-26(20(29)27(13)18)14-7-8-25(10-14)17(28)6-2;1-5-15(27)24-7-6-12(9-24)25-11-13(21-14-10-23(2)22-18(14)30-4)17-20-8-16(29-3)26(17)19(25)28;1-5-16(27)24-7-6-13(9-24)25-11-14(17-20-8-12(2)26(17)19(25)28)21-15-10-23(3)22-18(15)29-4;1-4-15(26)23-7-5-12(9-23)25-11-13(16-19-6-8-24(16)18(25)27)20-14-10-22(2)21-17(14)28-3/h6,9,11-14,23H,1,7-8,10H2,2-5H3;6,9,11-12,14,22H,2,5,7-8,10H2,1,3-4H3;5,8,10-12,21H,1,6-7,9H2,2-4H3;5,8,10-11,13,21H,1,6-7,9H2,2-4H3;4,6,8,10-12,20H,1,5,7,9H2,2-3H3. The van der Waals surface area contributed by atoms with Crippen molar-refractivity contribution in [3.8, 4) is 35.3 Å². The number of fused-ring (bicyclic) bond motifs is 5. The lowest BCUT2D eigenvalue weighted by Crippen LogP contribution is -2.33. The van der Waals surface area contributed by atoms with Crippen LogP contribution in [-0.2, 0) is 65.6 Å². The van der Waals surface area contributed by atoms with Crippen molar-refractivity contribution in [3.05, 3.63) is 232 Å². The van der Waals surface area contributed by atoms with Crippen molar-refractivity contribution in [2.75, 3.05) is 135 Å². The Morgan fingerprint density at radius 3 is 0.946 bits per heavy atom. The van der Waals surface area contributed by atoms with Gasteiger partial charge in [-0.25, -0.2) is 70.9 Å². The number of rotatable bonds is 28. The van der Waals surface area contributed by atoms with Crippen LogP contribution in [0.4, 0.5) is 56.9 Å². The third-order valence-electron chi connectivity index (χ3n) is 26.2. The van der Waals surface area contributed by atoms with Gasteiger partial charge in [-0.15, -0.1) is 25.5 Å². The number of aromatic nitrogens is 25. The van der Waals surface area contributed by atoms with Crippen molar-refractivity contribution in [2.24, 2.45) is 35.2 Å². The lowest BCUT2D eigenvalue weighted by Gasteiger charge is -2.19. The molecular formula is C97H119N35O16. The number of ether oxygens (including phenoxy) is 6. The summed E-state index contributed by atoms with van der Waals surface area (Å²) < 4.78 is 56.2. The van der Waals surface area contributed by atoms with Gasteiger partial charge in [-0.2, -0.15) is 0 Å². The van der Waals surface area contributed by atoms with Crippen molar-refractivity contribution in [1.82, 2.24) is 143 Å². The first-order chi connectivity index (χ1) is 71.2. The molecule has 5 unspecified atom stereocenters. The summed E-state index contributed by atoms with van der Waals surface area (Å²) in [6.45, 7) is 30.8. The van der Waals surface area contributed by atoms with Crippen LogP contribution in [0.3, 0.4) is 0 Å². The van der Waals surface area contributed by atoms with Gasteiger partial charge in [0, 0.05) is 174 Å². The minimum absolute atomic E-state index is 0.113. The molecule has 0 saturated carbocycles. The summed E-state index contributed by atoms with van der Waals surface area (Å²) in [5, 5.41) is 37.7. The highest BCUT2D eigenvalue weighted by Gasteiger charge is 2.36. The first-order valence-electron chi connectivity index (χ1n) is 47.6. The summed E-state index contributed by atoms with van der Waals surface area (Å²) in [5.74, 6) is 1.96. The molecule has 5 aliphatic heterocycles. The summed E-state index contributed by atoms with van der Waals surface area (Å²) in [6, 6.07) is -0.712. The van der Waals surface area contributed by atoms with Gasteiger partial charge >= 0.3 is 28.4 Å². The number of aryl methyl sites for hydroxylation is 7. The van der Waals surface area contributed by atoms with Gasteiger partial charge in [-0.05, 0) is 81.7 Å². The number of amides is 5. The minimum atomic E-state index is -0.291. The van der Waals surface area contributed by atoms with Crippen LogP contribution in [-0.4, -0.2) is 281 Å². The van der Waals surface area contributed by atoms with Crippen LogP contribution >= 0.6 is 0 Å². The van der Waals surface area contributed by atoms with Crippen LogP contribution in [0.1, 0.15) is 106 Å². The van der Waals surface area contributed by atoms with E-state index in [4.69, 9.17) is 28.4 Å². The van der Waals surface area contributed by atoms with Gasteiger partial charge in [-0.1, -0.05) is 53.7 Å². The molecule has 20 rings (SSSR count). The number of likely N-dealkylation sites (tertiary alicyclic amines) is 5. The van der Waals surface area contributed by atoms with Gasteiger partial charge in [0.25, 0.3) is 29.4 Å². The van der Waals surface area contributed by atoms with Gasteiger partial charge in [0.15, 0.2) is 28.2 Å². The monoisotopic (exact) mass is 2030 g/mol. The van der Waals surface area contributed by atoms with Gasteiger partial charge in [0.05, 0.1) is 144 Å². The Labute approximate surface area is 845 Å². The van der Waals surface area contributed by atoms with Crippen LogP contribution in [0.5, 0.6) is 35.3 Å². The first-order valence-corrected chi connectivity index (χ1v) is 47.6. The van der Waals surface area contributed by atoms with E-state index in [9.17, 15) is 47.9 Å². The summed E-state index contributed by atoms with van der Waals surface area (Å²) in [4.78, 5) is 157. The van der Waals surface area contributed by atoms with E-state index in [-0.39, 0.29) is 94.1 Å². The van der Waals surface area contributed by atoms with Crippen LogP contribution in [0.2, 0.25) is 0 Å². The molecule has 0 radical (unpaired) electrons. The van der Waals surface area contributed by atoms with E-state index in [0.717, 1.165) is 17.1 Å². The number of nitrogens with zero attached hydrogens (tertiary/aromatic N) is 30. The molecule has 0 bridgehead atoms. The van der Waals surface area contributed by atoms with Crippen LogP contribution < -0.4 is 83.5 Å². The Hall–Kier alpha value is -18.0. The molecule has 5 fully saturated rings. The van der Waals surface area contributed by atoms with Crippen molar-refractivity contribution in [2.45, 2.75) is 102 Å². The molecule has 0 aliphatic carbocycles. The van der Waals surface area contributed by atoms with Gasteiger partial charge in [0.1, 0.15) is 28.4 Å². The summed E-state index contributed by atoms with van der Waals surface area (Å²) in [7, 11) is 18.2. The maximum Gasteiger partial charge on any atom is 0.337 e. The minimum Gasteiger partial charge on any atom is -0.481 e. The fourth-order valence-corrected chi connectivity index (χ4v) is 18.9. The molecule has 51 heteroatoms. The Morgan fingerprint density at radius 1 is 0.351 bits per heavy atom. The zero-order chi connectivity index (χ0) is 106. The Morgan fingerprint density at radius 2 is 0.628 bits per heavy atom. The number of hydrogen-bond donors (Lipinski definition) is 5. The van der Waals surface area contributed by atoms with Crippen molar-refractivity contribution < 1.29 is 52.4 Å². The average molecular weight is 2030 g/mol. The third-order valence-corrected chi connectivity index (χ3v) is 26.2. The summed E-state index contributed by atoms with van der Waals surface area (Å²) >= 11 is 0. The molecule has 5 saturated heterocycles. The number of carbonyl (C=O) groups excluding carboxylic acids is 5. The first kappa shape index (κ1) is 103. The highest BCUT2D eigenvalue weighted by Crippen LogP contribution is 2.38. The zero-order valence-electron chi connectivity index (χ0n) is 84.9. The number of carbonyl (C=O) groups is 5. The number of nitrogens with one attached hydrogen (secondary N) is 5. The highest BCUT2D eigenvalue weighted by atomic mass is 16.5. The van der Waals surface area contributed by atoms with Crippen LogP contribution in [0.15, 0.2) is 186 Å². The number of anilines is 10. The fourth-order valence-electron chi connectivity index (χ4n) is 18.9. The van der Waals surface area contributed by atoms with Gasteiger partial charge in [-0.3, -0.25) is 70.2 Å². The van der Waals surface area contributed by atoms with Gasteiger partial charge in [0.2, 0.25) is 35.4 Å². The lowest BCUT2D eigenvalue weighted by atomic mass is 10.1. The maximum absolute atomic E-state index is 13.5. The molecular weight excluding hydrogens is 1910 g/mol. The smallest absolute Gasteiger partial charge is 0.337 e. The van der Waals surface area contributed by atoms with E-state index in [2.05, 4.69) is 110 Å². The number of methoxy groups -OCH3 is 6. The van der Waals surface area contributed by atoms with E-state index in [1.165, 1.54) is 59.6 Å². The fraction of sp³-hybridized carbons (Fsp3) is 0.381. The average Bonchev–Trinajstić information content (AvgIpc) is 1.58. The molecule has 5 amide bonds. The second-order valence-corrected chi connectivity index (χ2v) is 36.0. The molecule has 15 aromatic heterocycles. The molecule has 51 nitrogen and oxygen atoms in total. The molecule has 0 aromatic carbocycles. The summed E-state index contributed by atoms with van der Waals surface area (Å²) in [6.07, 6.45) is 38.1. The zero-order valence-corrected chi connectivity index (χ0v) is 84.9. The topological polar surface area (TPSA) is 503 Å². The second-order valence-electron chi connectivity index (χ2n) is 36.0. The maximum atomic E-state index is 13.5. The third kappa shape index (κ3) is 20.5. The largest absolute Gasteiger partial charge is 0.481 e. The molecule has 778 valence electrons. The molecule has 5 N–H and O–H groups in total. The second kappa shape index (κ2) is 43.7. The van der Waals surface area contributed by atoms with E-state index < -0.39 is 0 Å². The quantitative estimate of drug-likeness (QED) is 0.0318. The molecule has 20 heterocycles. The van der Waals surface area contributed by atoms with Crippen molar-refractivity contribution in [3.63, 3.8) is 0 Å². The normalized spacial score (nSPS) is 16.3. The van der Waals surface area contributed by atoms with Crippen molar-refractivity contribution in [1.29, 1.82) is 0 Å². The summed E-state index contributed by atoms with van der Waals surface area (Å²) in [5.41, 5.74) is 10.4. The van der Waals surface area contributed by atoms with Gasteiger partial charge < -0.3 is 79.5 Å². The van der Waals surface area contributed by atoms with E-state index in [0.29, 0.717) is 224 Å². The van der Waals surface area contributed by atoms with Crippen LogP contribution in [0, 0.1) is 6.92 Å². The molecule has 5 atom stereocenters. The van der Waals surface area contributed by atoms with Crippen LogP contribution in [0.25, 0.3) is 28.2 Å². The van der Waals surface area contributed by atoms with Crippen molar-refractivity contribution >= 4 is 115 Å². The predicted octanol–water partition coefficient (Wildman–Crippen LogP) is 6.71.